The van der Waals surface area contributed by atoms with Gasteiger partial charge in [0.05, 0.1) is 0 Å². The zero-order valence-corrected chi connectivity index (χ0v) is 12.6. The van der Waals surface area contributed by atoms with E-state index in [-0.39, 0.29) is 17.7 Å². The van der Waals surface area contributed by atoms with Crippen LogP contribution >= 0.6 is 11.3 Å². The Morgan fingerprint density at radius 3 is 2.63 bits per heavy atom. The zero-order valence-electron chi connectivity index (χ0n) is 11.8. The molecular formula is C14H20N2O2S. The number of nitrogens with zero attached hydrogens (tertiary/aromatic N) is 1. The maximum Gasteiger partial charge on any atom is 0.246 e. The number of piperazine rings is 1. The van der Waals surface area contributed by atoms with Gasteiger partial charge in [0.1, 0.15) is 11.6 Å². The molecule has 1 unspecified atom stereocenters. The highest BCUT2D eigenvalue weighted by molar-refractivity contribution is 7.07. The van der Waals surface area contributed by atoms with Crippen molar-refractivity contribution in [2.24, 2.45) is 5.92 Å². The fourth-order valence-electron chi connectivity index (χ4n) is 2.24. The van der Waals surface area contributed by atoms with Crippen molar-refractivity contribution in [3.05, 3.63) is 22.4 Å². The van der Waals surface area contributed by atoms with Gasteiger partial charge in [0, 0.05) is 6.54 Å². The maximum absolute atomic E-state index is 12.6. The lowest BCUT2D eigenvalue weighted by Crippen LogP contribution is -2.69. The molecule has 1 aromatic rings. The number of hydrogen-bond donors (Lipinski definition) is 1. The summed E-state index contributed by atoms with van der Waals surface area (Å²) in [4.78, 5) is 26.5. The van der Waals surface area contributed by atoms with Crippen LogP contribution in [0.15, 0.2) is 16.8 Å². The minimum absolute atomic E-state index is 0.00537. The number of amides is 2. The first-order valence-electron chi connectivity index (χ1n) is 6.47. The van der Waals surface area contributed by atoms with Crippen molar-refractivity contribution in [2.45, 2.75) is 45.8 Å². The van der Waals surface area contributed by atoms with Crippen LogP contribution in [0.5, 0.6) is 0 Å². The molecule has 0 bridgehead atoms. The van der Waals surface area contributed by atoms with Gasteiger partial charge in [-0.25, -0.2) is 0 Å². The topological polar surface area (TPSA) is 49.4 Å². The van der Waals surface area contributed by atoms with Crippen molar-refractivity contribution < 1.29 is 9.59 Å². The Labute approximate surface area is 117 Å². The number of carbonyl (C=O) groups excluding carboxylic acids is 2. The van der Waals surface area contributed by atoms with Crippen molar-refractivity contribution in [1.82, 2.24) is 10.2 Å². The van der Waals surface area contributed by atoms with Gasteiger partial charge in [-0.1, -0.05) is 13.8 Å². The molecule has 1 aliphatic rings. The average Bonchev–Trinajstić information content (AvgIpc) is 2.82. The Hall–Kier alpha value is -1.36. The molecular weight excluding hydrogens is 260 g/mol. The Morgan fingerprint density at radius 2 is 2.11 bits per heavy atom. The number of hydrogen-bond acceptors (Lipinski definition) is 3. The molecule has 2 amide bonds. The number of nitrogens with one attached hydrogen (secondary N) is 1. The first kappa shape index (κ1) is 14.1. The van der Waals surface area contributed by atoms with E-state index >= 15 is 0 Å². The number of rotatable bonds is 3. The molecule has 1 fully saturated rings. The summed E-state index contributed by atoms with van der Waals surface area (Å²) in [7, 11) is 0. The first-order valence-corrected chi connectivity index (χ1v) is 7.42. The van der Waals surface area contributed by atoms with Crippen LogP contribution in [0, 0.1) is 5.92 Å². The summed E-state index contributed by atoms with van der Waals surface area (Å²) >= 11 is 1.60. The average molecular weight is 280 g/mol. The van der Waals surface area contributed by atoms with Crippen LogP contribution in [0.4, 0.5) is 0 Å². The van der Waals surface area contributed by atoms with E-state index in [2.05, 4.69) is 5.32 Å². The van der Waals surface area contributed by atoms with Gasteiger partial charge < -0.3 is 10.2 Å². The van der Waals surface area contributed by atoms with Crippen LogP contribution in [0.1, 0.15) is 33.3 Å². The van der Waals surface area contributed by atoms with Gasteiger partial charge in [0.2, 0.25) is 11.8 Å². The van der Waals surface area contributed by atoms with Crippen molar-refractivity contribution in [3.8, 4) is 0 Å². The van der Waals surface area contributed by atoms with E-state index in [1.165, 1.54) is 0 Å². The summed E-state index contributed by atoms with van der Waals surface area (Å²) in [6.45, 7) is 7.98. The molecule has 1 atom stereocenters. The molecule has 0 aliphatic carbocycles. The minimum Gasteiger partial charge on any atom is -0.342 e. The highest BCUT2D eigenvalue weighted by atomic mass is 32.1. The molecule has 104 valence electrons. The van der Waals surface area contributed by atoms with E-state index in [9.17, 15) is 9.59 Å². The second-order valence-corrected chi connectivity index (χ2v) is 6.59. The van der Waals surface area contributed by atoms with Crippen molar-refractivity contribution in [2.75, 3.05) is 0 Å². The lowest BCUT2D eigenvalue weighted by Gasteiger charge is -2.45. The molecule has 1 aliphatic heterocycles. The highest BCUT2D eigenvalue weighted by Crippen LogP contribution is 2.26. The van der Waals surface area contributed by atoms with Crippen LogP contribution in [-0.4, -0.2) is 28.3 Å². The van der Waals surface area contributed by atoms with Gasteiger partial charge >= 0.3 is 0 Å². The standard InChI is InChI=1S/C14H20N2O2S/c1-9(2)11-12(17)16(7-10-5-6-19-8-10)14(3,4)13(18)15-11/h5-6,8-9,11H,7H2,1-4H3,(H,15,18). The molecule has 1 aromatic heterocycles. The summed E-state index contributed by atoms with van der Waals surface area (Å²) in [5, 5.41) is 6.83. The Morgan fingerprint density at radius 1 is 1.42 bits per heavy atom. The number of carbonyl (C=O) groups is 2. The molecule has 2 heterocycles. The summed E-state index contributed by atoms with van der Waals surface area (Å²) in [6.07, 6.45) is 0. The van der Waals surface area contributed by atoms with Crippen molar-refractivity contribution in [1.29, 1.82) is 0 Å². The highest BCUT2D eigenvalue weighted by Gasteiger charge is 2.46. The van der Waals surface area contributed by atoms with E-state index in [1.807, 2.05) is 30.7 Å². The fraction of sp³-hybridized carbons (Fsp3) is 0.571. The van der Waals surface area contributed by atoms with E-state index < -0.39 is 11.6 Å². The van der Waals surface area contributed by atoms with Crippen molar-refractivity contribution >= 4 is 23.2 Å². The molecule has 0 radical (unpaired) electrons. The van der Waals surface area contributed by atoms with Crippen LogP contribution in [0.2, 0.25) is 0 Å². The van der Waals surface area contributed by atoms with Crippen LogP contribution < -0.4 is 5.32 Å². The van der Waals surface area contributed by atoms with Gasteiger partial charge in [-0.15, -0.1) is 0 Å². The zero-order chi connectivity index (χ0) is 14.2. The SMILES string of the molecule is CC(C)C1NC(=O)C(C)(C)N(Cc2ccsc2)C1=O. The van der Waals surface area contributed by atoms with E-state index in [0.29, 0.717) is 6.54 Å². The Balaban J connectivity index is 2.29. The normalized spacial score (nSPS) is 22.8. The van der Waals surface area contributed by atoms with Gasteiger partial charge in [0.25, 0.3) is 0 Å². The number of thiophene rings is 1. The molecule has 4 nitrogen and oxygen atoms in total. The van der Waals surface area contributed by atoms with E-state index in [0.717, 1.165) is 5.56 Å². The minimum atomic E-state index is -0.801. The largest absolute Gasteiger partial charge is 0.342 e. The Bertz CT molecular complexity index is 480. The Kier molecular flexibility index (Phi) is 3.67. The third-order valence-corrected chi connectivity index (χ3v) is 4.37. The first-order chi connectivity index (χ1) is 8.84. The second-order valence-electron chi connectivity index (χ2n) is 5.81. The third kappa shape index (κ3) is 2.52. The van der Waals surface area contributed by atoms with Crippen LogP contribution in [-0.2, 0) is 16.1 Å². The quantitative estimate of drug-likeness (QED) is 0.920. The lowest BCUT2D eigenvalue weighted by atomic mass is 9.91. The monoisotopic (exact) mass is 280 g/mol. The molecule has 5 heteroatoms. The summed E-state index contributed by atoms with van der Waals surface area (Å²) < 4.78 is 0. The molecule has 0 aromatic carbocycles. The van der Waals surface area contributed by atoms with Gasteiger partial charge in [0.15, 0.2) is 0 Å². The van der Waals surface area contributed by atoms with Crippen LogP contribution in [0.25, 0.3) is 0 Å². The predicted molar refractivity (Wildman–Crippen MR) is 75.7 cm³/mol. The molecule has 19 heavy (non-hydrogen) atoms. The van der Waals surface area contributed by atoms with E-state index in [1.54, 1.807) is 30.1 Å². The fourth-order valence-corrected chi connectivity index (χ4v) is 2.90. The third-order valence-electron chi connectivity index (χ3n) is 3.64. The van der Waals surface area contributed by atoms with Gasteiger partial charge in [-0.05, 0) is 42.2 Å². The second kappa shape index (κ2) is 4.96. The predicted octanol–water partition coefficient (Wildman–Crippen LogP) is 2.01. The van der Waals surface area contributed by atoms with Crippen LogP contribution in [0.3, 0.4) is 0 Å². The summed E-state index contributed by atoms with van der Waals surface area (Å²) in [5.41, 5.74) is 0.272. The summed E-state index contributed by atoms with van der Waals surface area (Å²) in [6, 6.07) is 1.57. The molecule has 1 N–H and O–H groups in total. The molecule has 1 saturated heterocycles. The van der Waals surface area contributed by atoms with E-state index in [4.69, 9.17) is 0 Å². The molecule has 0 spiro atoms. The molecule has 2 rings (SSSR count). The van der Waals surface area contributed by atoms with Gasteiger partial charge in [-0.3, -0.25) is 9.59 Å². The smallest absolute Gasteiger partial charge is 0.246 e. The molecule has 0 saturated carbocycles. The summed E-state index contributed by atoms with van der Waals surface area (Å²) in [5.74, 6) is 0.0179. The lowest BCUT2D eigenvalue weighted by molar-refractivity contribution is -0.157. The van der Waals surface area contributed by atoms with Gasteiger partial charge in [-0.2, -0.15) is 11.3 Å². The maximum atomic E-state index is 12.6. The van der Waals surface area contributed by atoms with Crippen molar-refractivity contribution in [3.63, 3.8) is 0 Å².